The Bertz CT molecular complexity index is 1120. The zero-order valence-electron chi connectivity index (χ0n) is 19.6. The van der Waals surface area contributed by atoms with Crippen molar-refractivity contribution >= 4 is 18.0 Å². The van der Waals surface area contributed by atoms with E-state index in [1.165, 1.54) is 12.7 Å². The highest BCUT2D eigenvalue weighted by Gasteiger charge is 2.29. The average Bonchev–Trinajstić information content (AvgIpc) is 2.90. The fraction of sp³-hybridized carbons (Fsp3) is 0.241. The van der Waals surface area contributed by atoms with Crippen molar-refractivity contribution in [2.24, 2.45) is 0 Å². The zero-order chi connectivity index (χ0) is 23.9. The molecule has 0 radical (unpaired) electrons. The smallest absolute Gasteiger partial charge is 0.337 e. The lowest BCUT2D eigenvalue weighted by molar-refractivity contribution is -0.132. The first kappa shape index (κ1) is 23.3. The van der Waals surface area contributed by atoms with Crippen LogP contribution in [0.2, 0.25) is 0 Å². The number of piperidine rings is 1. The molecule has 3 aromatic carbocycles. The molecule has 4 rings (SSSR count). The van der Waals surface area contributed by atoms with Gasteiger partial charge in [-0.15, -0.1) is 0 Å². The van der Waals surface area contributed by atoms with E-state index < -0.39 is 5.97 Å². The van der Waals surface area contributed by atoms with Gasteiger partial charge in [-0.25, -0.2) is 4.79 Å². The normalized spacial score (nSPS) is 13.5. The van der Waals surface area contributed by atoms with E-state index in [1.807, 2.05) is 71.6 Å². The van der Waals surface area contributed by atoms with E-state index in [4.69, 9.17) is 9.47 Å². The van der Waals surface area contributed by atoms with Gasteiger partial charge in [0.15, 0.2) is 0 Å². The minimum absolute atomic E-state index is 0.136. The van der Waals surface area contributed by atoms with E-state index in [0.29, 0.717) is 24.4 Å². The number of rotatable bonds is 6. The molecule has 0 saturated carbocycles. The first-order valence-electron chi connectivity index (χ1n) is 11.4. The van der Waals surface area contributed by atoms with Gasteiger partial charge in [-0.2, -0.15) is 0 Å². The second-order valence-electron chi connectivity index (χ2n) is 8.33. The van der Waals surface area contributed by atoms with Crippen LogP contribution in [0.4, 0.5) is 0 Å². The molecule has 0 atom stereocenters. The maximum absolute atomic E-state index is 13.6. The van der Waals surface area contributed by atoms with Gasteiger partial charge in [-0.05, 0) is 36.1 Å². The molecule has 0 aliphatic carbocycles. The monoisotopic (exact) mass is 455 g/mol. The molecule has 5 heteroatoms. The quantitative estimate of drug-likeness (QED) is 0.472. The van der Waals surface area contributed by atoms with E-state index in [1.54, 1.807) is 19.2 Å². The van der Waals surface area contributed by atoms with Crippen LogP contribution in [0.15, 0.2) is 84.4 Å². The van der Waals surface area contributed by atoms with Crippen LogP contribution in [0.3, 0.4) is 0 Å². The third-order valence-electron chi connectivity index (χ3n) is 6.24. The van der Waals surface area contributed by atoms with E-state index in [-0.39, 0.29) is 11.8 Å². The molecule has 1 aliphatic heterocycles. The summed E-state index contributed by atoms with van der Waals surface area (Å²) < 4.78 is 10.3. The predicted octanol–water partition coefficient (Wildman–Crippen LogP) is 5.32. The van der Waals surface area contributed by atoms with E-state index in [0.717, 1.165) is 29.5 Å². The maximum Gasteiger partial charge on any atom is 0.337 e. The van der Waals surface area contributed by atoms with Crippen molar-refractivity contribution in [3.8, 4) is 5.75 Å². The number of hydrogen-bond donors (Lipinski definition) is 0. The lowest BCUT2D eigenvalue weighted by Gasteiger charge is -2.32. The Morgan fingerprint density at radius 1 is 0.853 bits per heavy atom. The SMILES string of the molecule is COC(=O)c1ccc(C=C2CCN(C(=O)C(c3ccccc3)c3ccccc3)CC2)c(OC)c1. The summed E-state index contributed by atoms with van der Waals surface area (Å²) >= 11 is 0. The van der Waals surface area contributed by atoms with Gasteiger partial charge in [0.1, 0.15) is 5.75 Å². The summed E-state index contributed by atoms with van der Waals surface area (Å²) in [6.45, 7) is 1.34. The fourth-order valence-electron chi connectivity index (χ4n) is 4.40. The average molecular weight is 456 g/mol. The minimum atomic E-state index is -0.393. The Morgan fingerprint density at radius 2 is 1.44 bits per heavy atom. The van der Waals surface area contributed by atoms with Gasteiger partial charge < -0.3 is 14.4 Å². The number of ether oxygens (including phenoxy) is 2. The third-order valence-corrected chi connectivity index (χ3v) is 6.24. The van der Waals surface area contributed by atoms with Gasteiger partial charge in [-0.1, -0.05) is 78.4 Å². The van der Waals surface area contributed by atoms with Crippen LogP contribution in [0.5, 0.6) is 5.75 Å². The summed E-state index contributed by atoms with van der Waals surface area (Å²) in [6, 6.07) is 25.3. The molecule has 0 unspecified atom stereocenters. The van der Waals surface area contributed by atoms with Crippen LogP contribution in [0.25, 0.3) is 6.08 Å². The molecule has 0 N–H and O–H groups in total. The first-order valence-corrected chi connectivity index (χ1v) is 11.4. The first-order chi connectivity index (χ1) is 16.6. The summed E-state index contributed by atoms with van der Waals surface area (Å²) in [5, 5.41) is 0. The summed E-state index contributed by atoms with van der Waals surface area (Å²) in [5.41, 5.74) is 4.64. The van der Waals surface area contributed by atoms with E-state index in [9.17, 15) is 9.59 Å². The highest BCUT2D eigenvalue weighted by molar-refractivity contribution is 5.90. The van der Waals surface area contributed by atoms with Crippen LogP contribution in [-0.2, 0) is 9.53 Å². The number of methoxy groups -OCH3 is 2. The molecule has 5 nitrogen and oxygen atoms in total. The van der Waals surface area contributed by atoms with Crippen molar-refractivity contribution in [1.29, 1.82) is 0 Å². The third kappa shape index (κ3) is 5.20. The summed E-state index contributed by atoms with van der Waals surface area (Å²) in [6.07, 6.45) is 3.70. The van der Waals surface area contributed by atoms with Gasteiger partial charge in [-0.3, -0.25) is 4.79 Å². The minimum Gasteiger partial charge on any atom is -0.496 e. The van der Waals surface area contributed by atoms with Crippen molar-refractivity contribution < 1.29 is 19.1 Å². The van der Waals surface area contributed by atoms with Crippen LogP contribution in [0.1, 0.15) is 45.8 Å². The standard InChI is InChI=1S/C29H29NO4/c1-33-26-20-25(29(32)34-2)14-13-24(26)19-21-15-17-30(18-16-21)28(31)27(22-9-5-3-6-10-22)23-11-7-4-8-12-23/h3-14,19-20,27H,15-18H2,1-2H3. The number of carbonyl (C=O) groups is 2. The Balaban J connectivity index is 1.50. The number of esters is 1. The summed E-state index contributed by atoms with van der Waals surface area (Å²) in [4.78, 5) is 27.4. The number of benzene rings is 3. The van der Waals surface area contributed by atoms with Crippen LogP contribution < -0.4 is 4.74 Å². The van der Waals surface area contributed by atoms with Crippen molar-refractivity contribution in [2.75, 3.05) is 27.3 Å². The number of amides is 1. The molecule has 1 amide bonds. The molecule has 34 heavy (non-hydrogen) atoms. The van der Waals surface area contributed by atoms with Gasteiger partial charge >= 0.3 is 5.97 Å². The summed E-state index contributed by atoms with van der Waals surface area (Å²) in [5.74, 6) is 0.0631. The molecule has 0 aromatic heterocycles. The molecular weight excluding hydrogens is 426 g/mol. The summed E-state index contributed by atoms with van der Waals surface area (Å²) in [7, 11) is 2.95. The number of nitrogens with zero attached hydrogens (tertiary/aromatic N) is 1. The molecule has 1 heterocycles. The van der Waals surface area contributed by atoms with E-state index >= 15 is 0 Å². The largest absolute Gasteiger partial charge is 0.496 e. The Kier molecular flexibility index (Phi) is 7.43. The second-order valence-corrected chi connectivity index (χ2v) is 8.33. The topological polar surface area (TPSA) is 55.8 Å². The highest BCUT2D eigenvalue weighted by atomic mass is 16.5. The second kappa shape index (κ2) is 10.8. The molecule has 0 bridgehead atoms. The van der Waals surface area contributed by atoms with Crippen LogP contribution >= 0.6 is 0 Å². The lowest BCUT2D eigenvalue weighted by atomic mass is 9.89. The molecule has 0 spiro atoms. The molecule has 1 fully saturated rings. The van der Waals surface area contributed by atoms with Crippen molar-refractivity contribution in [3.05, 3.63) is 107 Å². The highest BCUT2D eigenvalue weighted by Crippen LogP contribution is 2.30. The van der Waals surface area contributed by atoms with Crippen molar-refractivity contribution in [1.82, 2.24) is 4.90 Å². The number of carbonyl (C=O) groups excluding carboxylic acids is 2. The molecule has 174 valence electrons. The van der Waals surface area contributed by atoms with Gasteiger partial charge in [0.05, 0.1) is 25.7 Å². The molecular formula is C29H29NO4. The van der Waals surface area contributed by atoms with Gasteiger partial charge in [0.25, 0.3) is 0 Å². The van der Waals surface area contributed by atoms with Crippen LogP contribution in [0, 0.1) is 0 Å². The fourth-order valence-corrected chi connectivity index (χ4v) is 4.40. The van der Waals surface area contributed by atoms with Gasteiger partial charge in [0.2, 0.25) is 5.91 Å². The predicted molar refractivity (Wildman–Crippen MR) is 133 cm³/mol. The molecule has 1 aliphatic rings. The number of hydrogen-bond acceptors (Lipinski definition) is 4. The van der Waals surface area contributed by atoms with Gasteiger partial charge in [0, 0.05) is 18.7 Å². The Hall–Kier alpha value is -3.86. The molecule has 3 aromatic rings. The molecule has 1 saturated heterocycles. The number of likely N-dealkylation sites (tertiary alicyclic amines) is 1. The van der Waals surface area contributed by atoms with Crippen molar-refractivity contribution in [2.45, 2.75) is 18.8 Å². The van der Waals surface area contributed by atoms with Crippen molar-refractivity contribution in [3.63, 3.8) is 0 Å². The van der Waals surface area contributed by atoms with E-state index in [2.05, 4.69) is 6.08 Å². The van der Waals surface area contributed by atoms with Crippen LogP contribution in [-0.4, -0.2) is 44.1 Å². The maximum atomic E-state index is 13.6. The lowest BCUT2D eigenvalue weighted by Crippen LogP contribution is -2.39. The Labute approximate surface area is 200 Å². The zero-order valence-corrected chi connectivity index (χ0v) is 19.6. The Morgan fingerprint density at radius 3 is 1.97 bits per heavy atom.